The quantitative estimate of drug-likeness (QED) is 0.452. The third-order valence-corrected chi connectivity index (χ3v) is 2.11. The van der Waals surface area contributed by atoms with Gasteiger partial charge in [-0.2, -0.15) is 0 Å². The summed E-state index contributed by atoms with van der Waals surface area (Å²) in [5.74, 6) is 0.0797. The highest BCUT2D eigenvalue weighted by Gasteiger charge is 2.23. The van der Waals surface area contributed by atoms with Crippen LogP contribution in [0.15, 0.2) is 0 Å². The third kappa shape index (κ3) is 2.15. The minimum absolute atomic E-state index is 0.0797. The van der Waals surface area contributed by atoms with Gasteiger partial charge < -0.3 is 10.6 Å². The molecule has 5 heteroatoms. The number of thiocarbonyl (C=S) groups is 1. The summed E-state index contributed by atoms with van der Waals surface area (Å²) >= 11 is 4.94. The summed E-state index contributed by atoms with van der Waals surface area (Å²) in [6.07, 6.45) is 0.935. The highest BCUT2D eigenvalue weighted by Crippen LogP contribution is 1.99. The Morgan fingerprint density at radius 1 is 1.75 bits per heavy atom. The summed E-state index contributed by atoms with van der Waals surface area (Å²) < 4.78 is 0. The molecule has 68 valence electrons. The van der Waals surface area contributed by atoms with Crippen molar-refractivity contribution < 1.29 is 4.79 Å². The molecule has 1 fully saturated rings. The number of hydrogen-bond donors (Lipinski definition) is 2. The van der Waals surface area contributed by atoms with Crippen LogP contribution in [0.3, 0.4) is 0 Å². The van der Waals surface area contributed by atoms with Crippen LogP contribution in [0.1, 0.15) is 6.42 Å². The van der Waals surface area contributed by atoms with E-state index in [1.54, 1.807) is 4.90 Å². The molecule has 0 aromatic heterocycles. The van der Waals surface area contributed by atoms with E-state index < -0.39 is 0 Å². The lowest BCUT2D eigenvalue weighted by Crippen LogP contribution is -2.32. The van der Waals surface area contributed by atoms with Crippen molar-refractivity contribution in [1.29, 1.82) is 0 Å². The number of carbonyl (C=O) groups excluding carboxylic acids is 1. The second-order valence-electron chi connectivity index (χ2n) is 2.66. The van der Waals surface area contributed by atoms with Crippen LogP contribution in [0, 0.1) is 0 Å². The summed E-state index contributed by atoms with van der Waals surface area (Å²) in [5.41, 5.74) is 0. The Morgan fingerprint density at radius 2 is 2.50 bits per heavy atom. The van der Waals surface area contributed by atoms with Crippen LogP contribution >= 0.6 is 12.2 Å². The van der Waals surface area contributed by atoms with Gasteiger partial charge in [0.25, 0.3) is 0 Å². The van der Waals surface area contributed by atoms with E-state index in [4.69, 9.17) is 12.2 Å². The summed E-state index contributed by atoms with van der Waals surface area (Å²) in [4.78, 5) is 12.8. The molecule has 0 atom stereocenters. The predicted octanol–water partition coefficient (Wildman–Crippen LogP) is -0.687. The van der Waals surface area contributed by atoms with Gasteiger partial charge in [0.1, 0.15) is 0 Å². The number of carbonyl (C=O) groups is 1. The van der Waals surface area contributed by atoms with Gasteiger partial charge >= 0.3 is 0 Å². The fourth-order valence-corrected chi connectivity index (χ4v) is 1.36. The predicted molar refractivity (Wildman–Crippen MR) is 50.9 cm³/mol. The summed E-state index contributed by atoms with van der Waals surface area (Å²) in [6, 6.07) is 0. The summed E-state index contributed by atoms with van der Waals surface area (Å²) in [7, 11) is 1.89. The van der Waals surface area contributed by atoms with E-state index in [1.807, 2.05) is 7.05 Å². The molecule has 1 amide bonds. The van der Waals surface area contributed by atoms with Gasteiger partial charge in [0.05, 0.1) is 6.54 Å². The van der Waals surface area contributed by atoms with Gasteiger partial charge in [0, 0.05) is 6.54 Å². The van der Waals surface area contributed by atoms with Crippen LogP contribution in [0.4, 0.5) is 0 Å². The molecule has 1 rings (SSSR count). The monoisotopic (exact) mass is 187 g/mol. The lowest BCUT2D eigenvalue weighted by atomic mass is 10.4. The number of amides is 1. The molecule has 0 saturated carbocycles. The zero-order valence-corrected chi connectivity index (χ0v) is 7.91. The van der Waals surface area contributed by atoms with Gasteiger partial charge in [0.2, 0.25) is 5.91 Å². The Kier molecular flexibility index (Phi) is 3.43. The Balaban J connectivity index is 2.30. The summed E-state index contributed by atoms with van der Waals surface area (Å²) in [5, 5.41) is 6.42. The minimum Gasteiger partial charge on any atom is -0.353 e. The lowest BCUT2D eigenvalue weighted by Gasteiger charge is -2.13. The van der Waals surface area contributed by atoms with Crippen LogP contribution in [0.2, 0.25) is 0 Å². The first kappa shape index (κ1) is 9.41. The maximum absolute atomic E-state index is 11.1. The molecule has 1 aliphatic rings. The fourth-order valence-electron chi connectivity index (χ4n) is 1.10. The molecule has 1 saturated heterocycles. The van der Waals surface area contributed by atoms with Crippen LogP contribution in [0.5, 0.6) is 0 Å². The molecule has 2 N–H and O–H groups in total. The number of nitrogens with zero attached hydrogens (tertiary/aromatic N) is 1. The zero-order valence-electron chi connectivity index (χ0n) is 7.09. The highest BCUT2D eigenvalue weighted by molar-refractivity contribution is 7.80. The smallest absolute Gasteiger partial charge is 0.248 e. The first-order chi connectivity index (χ1) is 5.75. The maximum Gasteiger partial charge on any atom is 0.248 e. The molecule has 1 heterocycles. The van der Waals surface area contributed by atoms with E-state index >= 15 is 0 Å². The fraction of sp³-hybridized carbons (Fsp3) is 0.714. The van der Waals surface area contributed by atoms with Crippen molar-refractivity contribution in [3.8, 4) is 0 Å². The van der Waals surface area contributed by atoms with Crippen LogP contribution in [-0.2, 0) is 4.79 Å². The van der Waals surface area contributed by atoms with E-state index in [1.165, 1.54) is 0 Å². The van der Waals surface area contributed by atoms with Gasteiger partial charge in [0.15, 0.2) is 5.11 Å². The van der Waals surface area contributed by atoms with Crippen LogP contribution < -0.4 is 10.6 Å². The third-order valence-electron chi connectivity index (χ3n) is 1.75. The van der Waals surface area contributed by atoms with E-state index in [0.717, 1.165) is 13.0 Å². The molecule has 0 aliphatic carbocycles. The number of hydrogen-bond acceptors (Lipinski definition) is 3. The van der Waals surface area contributed by atoms with Crippen molar-refractivity contribution >= 4 is 23.2 Å². The van der Waals surface area contributed by atoms with Crippen molar-refractivity contribution in [1.82, 2.24) is 15.5 Å². The molecule has 0 aromatic rings. The molecule has 0 aromatic carbocycles. The van der Waals surface area contributed by atoms with Crippen molar-refractivity contribution in [2.24, 2.45) is 0 Å². The number of rotatable bonds is 4. The lowest BCUT2D eigenvalue weighted by molar-refractivity contribution is -0.124. The van der Waals surface area contributed by atoms with Crippen molar-refractivity contribution in [3.63, 3.8) is 0 Å². The van der Waals surface area contributed by atoms with Gasteiger partial charge in [-0.3, -0.25) is 9.69 Å². The first-order valence-electron chi connectivity index (χ1n) is 3.98. The molecule has 0 unspecified atom stereocenters. The van der Waals surface area contributed by atoms with Crippen molar-refractivity contribution in [2.45, 2.75) is 6.42 Å². The molecule has 12 heavy (non-hydrogen) atoms. The van der Waals surface area contributed by atoms with E-state index in [-0.39, 0.29) is 5.91 Å². The second-order valence-corrected chi connectivity index (χ2v) is 3.05. The Hall–Kier alpha value is -0.680. The summed E-state index contributed by atoms with van der Waals surface area (Å²) in [6.45, 7) is 1.98. The molecule has 0 bridgehead atoms. The molecule has 0 spiro atoms. The van der Waals surface area contributed by atoms with Gasteiger partial charge in [-0.15, -0.1) is 0 Å². The van der Waals surface area contributed by atoms with Crippen LogP contribution in [0.25, 0.3) is 0 Å². The number of nitrogens with one attached hydrogen (secondary N) is 2. The van der Waals surface area contributed by atoms with E-state index in [2.05, 4.69) is 10.6 Å². The highest BCUT2D eigenvalue weighted by atomic mass is 32.1. The molecular formula is C7H13N3OS. The molecular weight excluding hydrogens is 174 g/mol. The molecule has 0 radical (unpaired) electrons. The zero-order chi connectivity index (χ0) is 8.97. The van der Waals surface area contributed by atoms with Crippen molar-refractivity contribution in [2.75, 3.05) is 26.7 Å². The Labute approximate surface area is 77.3 Å². The SMILES string of the molecule is CNCCCN1C(=O)CNC1=S. The largest absolute Gasteiger partial charge is 0.353 e. The Bertz CT molecular complexity index is 179. The maximum atomic E-state index is 11.1. The average Bonchev–Trinajstić information content (AvgIpc) is 2.35. The molecule has 4 nitrogen and oxygen atoms in total. The average molecular weight is 187 g/mol. The van der Waals surface area contributed by atoms with Gasteiger partial charge in [-0.25, -0.2) is 0 Å². The van der Waals surface area contributed by atoms with E-state index in [0.29, 0.717) is 18.2 Å². The second kappa shape index (κ2) is 4.37. The van der Waals surface area contributed by atoms with Gasteiger partial charge in [-0.05, 0) is 32.2 Å². The topological polar surface area (TPSA) is 44.4 Å². The Morgan fingerprint density at radius 3 is 3.00 bits per heavy atom. The molecule has 1 aliphatic heterocycles. The minimum atomic E-state index is 0.0797. The van der Waals surface area contributed by atoms with E-state index in [9.17, 15) is 4.79 Å². The first-order valence-corrected chi connectivity index (χ1v) is 4.39. The normalized spacial score (nSPS) is 16.9. The van der Waals surface area contributed by atoms with Crippen molar-refractivity contribution in [3.05, 3.63) is 0 Å². The van der Waals surface area contributed by atoms with Crippen LogP contribution in [-0.4, -0.2) is 42.6 Å². The standard InChI is InChI=1S/C7H13N3OS/c1-8-3-2-4-10-6(11)5-9-7(10)12/h8H,2-5H2,1H3,(H,9,12). The van der Waals surface area contributed by atoms with Gasteiger partial charge in [-0.1, -0.05) is 0 Å².